The van der Waals surface area contributed by atoms with Crippen LogP contribution in [0.2, 0.25) is 0 Å². The Morgan fingerprint density at radius 1 is 1.18 bits per heavy atom. The molecule has 5 aromatic rings. The summed E-state index contributed by atoms with van der Waals surface area (Å²) in [6, 6.07) is 13.2. The van der Waals surface area contributed by atoms with Crippen LogP contribution in [-0.2, 0) is 18.3 Å². The summed E-state index contributed by atoms with van der Waals surface area (Å²) in [6.07, 6.45) is 4.90. The summed E-state index contributed by atoms with van der Waals surface area (Å²) in [6.45, 7) is 2.44. The van der Waals surface area contributed by atoms with Gasteiger partial charge in [-0.1, -0.05) is 25.1 Å². The molecule has 0 bridgehead atoms. The fourth-order valence-electron chi connectivity index (χ4n) is 4.73. The molecule has 0 fully saturated rings. The first-order valence-corrected chi connectivity index (χ1v) is 11.4. The molecular weight excluding hydrogens is 430 g/mol. The molecule has 5 rings (SSSR count). The molecule has 0 saturated carbocycles. The number of para-hydroxylation sites is 1. The zero-order chi connectivity index (χ0) is 23.8. The first-order chi connectivity index (χ1) is 16.5. The number of rotatable bonds is 7. The van der Waals surface area contributed by atoms with Crippen LogP contribution in [0.25, 0.3) is 32.7 Å². The zero-order valence-electron chi connectivity index (χ0n) is 19.5. The van der Waals surface area contributed by atoms with Gasteiger partial charge in [-0.25, -0.2) is 4.68 Å². The largest absolute Gasteiger partial charge is 0.497 e. The lowest BCUT2D eigenvalue weighted by molar-refractivity contribution is -0.124. The third-order valence-corrected chi connectivity index (χ3v) is 6.48. The van der Waals surface area contributed by atoms with Gasteiger partial charge in [0.15, 0.2) is 0 Å². The molecule has 8 heteroatoms. The summed E-state index contributed by atoms with van der Waals surface area (Å²) in [5, 5.41) is 10.0. The summed E-state index contributed by atoms with van der Waals surface area (Å²) in [5.74, 6) is 0.687. The molecule has 2 aromatic carbocycles. The number of hydrogen-bond acceptors (Lipinski definition) is 4. The molecular formula is C26H27N5O3. The van der Waals surface area contributed by atoms with Crippen LogP contribution in [0.15, 0.2) is 59.7 Å². The lowest BCUT2D eigenvalue weighted by Crippen LogP contribution is -2.34. The van der Waals surface area contributed by atoms with E-state index >= 15 is 0 Å². The number of hydrogen-bond donors (Lipinski definition) is 2. The third-order valence-electron chi connectivity index (χ3n) is 6.48. The Hall–Kier alpha value is -4.07. The average molecular weight is 458 g/mol. The van der Waals surface area contributed by atoms with Crippen LogP contribution in [0.5, 0.6) is 5.75 Å². The van der Waals surface area contributed by atoms with Gasteiger partial charge in [0.05, 0.1) is 18.8 Å². The van der Waals surface area contributed by atoms with E-state index in [-0.39, 0.29) is 11.5 Å². The molecule has 3 aromatic heterocycles. The average Bonchev–Trinajstić information content (AvgIpc) is 3.41. The summed E-state index contributed by atoms with van der Waals surface area (Å²) in [4.78, 5) is 29.7. The van der Waals surface area contributed by atoms with Gasteiger partial charge in [0, 0.05) is 41.5 Å². The van der Waals surface area contributed by atoms with E-state index in [4.69, 9.17) is 4.74 Å². The highest BCUT2D eigenvalue weighted by atomic mass is 16.5. The van der Waals surface area contributed by atoms with Gasteiger partial charge in [0.2, 0.25) is 5.91 Å². The SMILES string of the molecule is CC[C@H](C(=O)NCCc1c[nH]c2ccc(OC)cc12)n1c2ccccc2c2cnn(C)c(=O)c21. The molecule has 0 unspecified atom stereocenters. The highest BCUT2D eigenvalue weighted by molar-refractivity contribution is 6.08. The fourth-order valence-corrected chi connectivity index (χ4v) is 4.73. The predicted octanol–water partition coefficient (Wildman–Crippen LogP) is 3.69. The van der Waals surface area contributed by atoms with Gasteiger partial charge in [-0.15, -0.1) is 0 Å². The maximum atomic E-state index is 13.4. The van der Waals surface area contributed by atoms with Crippen LogP contribution < -0.4 is 15.6 Å². The number of ether oxygens (including phenoxy) is 1. The lowest BCUT2D eigenvalue weighted by Gasteiger charge is -2.19. The van der Waals surface area contributed by atoms with Crippen molar-refractivity contribution in [2.45, 2.75) is 25.8 Å². The van der Waals surface area contributed by atoms with E-state index in [9.17, 15) is 9.59 Å². The molecule has 34 heavy (non-hydrogen) atoms. The second kappa shape index (κ2) is 8.70. The van der Waals surface area contributed by atoms with Crippen molar-refractivity contribution in [1.29, 1.82) is 0 Å². The molecule has 1 amide bonds. The number of carbonyl (C=O) groups is 1. The van der Waals surface area contributed by atoms with Gasteiger partial charge in [-0.2, -0.15) is 5.10 Å². The van der Waals surface area contributed by atoms with Crippen molar-refractivity contribution >= 4 is 38.6 Å². The molecule has 174 valence electrons. The van der Waals surface area contributed by atoms with Crippen molar-refractivity contribution in [3.05, 3.63) is 70.8 Å². The van der Waals surface area contributed by atoms with Gasteiger partial charge in [-0.05, 0) is 42.7 Å². The molecule has 3 heterocycles. The molecule has 0 aliphatic heterocycles. The summed E-state index contributed by atoms with van der Waals surface area (Å²) in [7, 11) is 3.28. The number of H-pyrrole nitrogens is 1. The number of nitrogens with zero attached hydrogens (tertiary/aromatic N) is 3. The number of amides is 1. The van der Waals surface area contributed by atoms with Crippen LogP contribution in [0.3, 0.4) is 0 Å². The van der Waals surface area contributed by atoms with E-state index in [2.05, 4.69) is 15.4 Å². The minimum Gasteiger partial charge on any atom is -0.497 e. The standard InChI is InChI=1S/C26H27N5O3/c1-4-22(25(32)27-12-11-16-14-28-21-10-9-17(34-3)13-19(16)21)31-23-8-6-5-7-18(23)20-15-29-30(2)26(33)24(20)31/h5-10,13-15,22,28H,4,11-12H2,1-3H3,(H,27,32)/t22-/m1/s1. The van der Waals surface area contributed by atoms with Crippen LogP contribution in [-0.4, -0.2) is 38.9 Å². The Morgan fingerprint density at radius 3 is 2.79 bits per heavy atom. The van der Waals surface area contributed by atoms with E-state index in [1.165, 1.54) is 4.68 Å². The second-order valence-electron chi connectivity index (χ2n) is 8.41. The van der Waals surface area contributed by atoms with Crippen molar-refractivity contribution in [2.24, 2.45) is 7.05 Å². The van der Waals surface area contributed by atoms with Crippen LogP contribution in [0.1, 0.15) is 24.9 Å². The molecule has 0 saturated heterocycles. The monoisotopic (exact) mass is 457 g/mol. The zero-order valence-corrected chi connectivity index (χ0v) is 19.5. The van der Waals surface area contributed by atoms with Gasteiger partial charge in [0.25, 0.3) is 5.56 Å². The number of aryl methyl sites for hydroxylation is 1. The minimum atomic E-state index is -0.513. The maximum absolute atomic E-state index is 13.4. The second-order valence-corrected chi connectivity index (χ2v) is 8.41. The van der Waals surface area contributed by atoms with Crippen molar-refractivity contribution < 1.29 is 9.53 Å². The number of fused-ring (bicyclic) bond motifs is 4. The quantitative estimate of drug-likeness (QED) is 0.390. The fraction of sp³-hybridized carbons (Fsp3) is 0.269. The molecule has 0 aliphatic carbocycles. The first-order valence-electron chi connectivity index (χ1n) is 11.4. The van der Waals surface area contributed by atoms with Crippen LogP contribution in [0.4, 0.5) is 0 Å². The molecule has 0 aliphatic rings. The van der Waals surface area contributed by atoms with E-state index in [0.717, 1.165) is 38.5 Å². The number of aromatic nitrogens is 4. The van der Waals surface area contributed by atoms with Crippen molar-refractivity contribution in [3.8, 4) is 5.75 Å². The molecule has 0 radical (unpaired) electrons. The Bertz CT molecular complexity index is 1580. The van der Waals surface area contributed by atoms with Gasteiger partial charge >= 0.3 is 0 Å². The predicted molar refractivity (Wildman–Crippen MR) is 133 cm³/mol. The van der Waals surface area contributed by atoms with Crippen molar-refractivity contribution in [1.82, 2.24) is 24.6 Å². The summed E-state index contributed by atoms with van der Waals surface area (Å²) >= 11 is 0. The Morgan fingerprint density at radius 2 is 2.00 bits per heavy atom. The van der Waals surface area contributed by atoms with Gasteiger partial charge in [0.1, 0.15) is 17.3 Å². The van der Waals surface area contributed by atoms with Crippen molar-refractivity contribution in [2.75, 3.05) is 13.7 Å². The maximum Gasteiger partial charge on any atom is 0.291 e. The van der Waals surface area contributed by atoms with E-state index < -0.39 is 6.04 Å². The molecule has 8 nitrogen and oxygen atoms in total. The van der Waals surface area contributed by atoms with Gasteiger partial charge < -0.3 is 19.6 Å². The molecule has 2 N–H and O–H groups in total. The van der Waals surface area contributed by atoms with Crippen LogP contribution >= 0.6 is 0 Å². The highest BCUT2D eigenvalue weighted by Gasteiger charge is 2.25. The summed E-state index contributed by atoms with van der Waals surface area (Å²) < 4.78 is 8.54. The van der Waals surface area contributed by atoms with E-state index in [0.29, 0.717) is 24.9 Å². The number of nitrogens with one attached hydrogen (secondary N) is 2. The Balaban J connectivity index is 1.44. The molecule has 0 spiro atoms. The normalized spacial score (nSPS) is 12.4. The smallest absolute Gasteiger partial charge is 0.291 e. The van der Waals surface area contributed by atoms with Crippen molar-refractivity contribution in [3.63, 3.8) is 0 Å². The molecule has 1 atom stereocenters. The first kappa shape index (κ1) is 21.8. The highest BCUT2D eigenvalue weighted by Crippen LogP contribution is 2.31. The Kier molecular flexibility index (Phi) is 5.57. The lowest BCUT2D eigenvalue weighted by atomic mass is 10.1. The number of methoxy groups -OCH3 is 1. The van der Waals surface area contributed by atoms with Gasteiger partial charge in [-0.3, -0.25) is 9.59 Å². The van der Waals surface area contributed by atoms with E-state index in [1.54, 1.807) is 20.4 Å². The number of aromatic amines is 1. The Labute approximate surface area is 196 Å². The number of benzene rings is 2. The topological polar surface area (TPSA) is 93.9 Å². The minimum absolute atomic E-state index is 0.110. The number of carbonyl (C=O) groups excluding carboxylic acids is 1. The third kappa shape index (κ3) is 3.51. The van der Waals surface area contributed by atoms with Crippen LogP contribution in [0, 0.1) is 0 Å². The van der Waals surface area contributed by atoms with E-state index in [1.807, 2.05) is 60.2 Å². The summed E-state index contributed by atoms with van der Waals surface area (Å²) in [5.41, 5.74) is 3.28.